The summed E-state index contributed by atoms with van der Waals surface area (Å²) in [4.78, 5) is 33.5. The van der Waals surface area contributed by atoms with Crippen LogP contribution in [-0.2, 0) is 31.5 Å². The molecule has 0 radical (unpaired) electrons. The van der Waals surface area contributed by atoms with E-state index in [1.807, 2.05) is 12.2 Å². The van der Waals surface area contributed by atoms with Gasteiger partial charge < -0.3 is 16.4 Å². The van der Waals surface area contributed by atoms with E-state index < -0.39 is 5.91 Å². The molecule has 4 N–H and O–H groups in total. The smallest absolute Gasteiger partial charge is 0.220 e. The molecule has 0 spiro atoms. The molecule has 3 amide bonds. The molecular weight excluding hydrogens is 398 g/mol. The fourth-order valence-corrected chi connectivity index (χ4v) is 2.54. The molecule has 0 fully saturated rings. The Hall–Kier alpha value is -2.11. The maximum Gasteiger partial charge on any atom is 0.220 e. The van der Waals surface area contributed by atoms with Crippen molar-refractivity contribution in [2.75, 3.05) is 13.1 Å². The van der Waals surface area contributed by atoms with E-state index in [-0.39, 0.29) is 41.8 Å². The van der Waals surface area contributed by atoms with Crippen LogP contribution in [0.4, 0.5) is 0 Å². The van der Waals surface area contributed by atoms with Crippen LogP contribution in [0.25, 0.3) is 0 Å². The standard InChI is InChI=1S/C16H25N3O3.C5H6.Fe/c17-14(20)10-12-19-16(22)9-4-11-18-15(21)8-3-7-13-5-1-2-6-13;1-2-4-5-3-1;/h1-2,5-6,13H,3-4,7-12H2,(H2,17,20)(H,18,21)(H,19,22);1-4H,5H2;. The van der Waals surface area contributed by atoms with Gasteiger partial charge in [0, 0.05) is 49.4 Å². The van der Waals surface area contributed by atoms with Crippen molar-refractivity contribution in [2.45, 2.75) is 44.9 Å². The summed E-state index contributed by atoms with van der Waals surface area (Å²) in [5, 5.41) is 5.41. The van der Waals surface area contributed by atoms with E-state index in [0.717, 1.165) is 19.3 Å². The third kappa shape index (κ3) is 15.0. The quantitative estimate of drug-likeness (QED) is 0.347. The van der Waals surface area contributed by atoms with E-state index in [1.54, 1.807) is 0 Å². The van der Waals surface area contributed by atoms with Crippen LogP contribution >= 0.6 is 0 Å². The third-order valence-corrected chi connectivity index (χ3v) is 4.02. The van der Waals surface area contributed by atoms with Crippen LogP contribution in [-0.4, -0.2) is 30.8 Å². The summed E-state index contributed by atoms with van der Waals surface area (Å²) >= 11 is 0. The van der Waals surface area contributed by atoms with Crippen LogP contribution in [0.5, 0.6) is 0 Å². The molecule has 6 nitrogen and oxygen atoms in total. The van der Waals surface area contributed by atoms with Gasteiger partial charge in [-0.05, 0) is 31.6 Å². The predicted molar refractivity (Wildman–Crippen MR) is 108 cm³/mol. The molecule has 2 aliphatic carbocycles. The Kier molecular flexibility index (Phi) is 15.7. The number of allylic oxidation sites excluding steroid dienone is 8. The van der Waals surface area contributed by atoms with Gasteiger partial charge in [-0.15, -0.1) is 0 Å². The van der Waals surface area contributed by atoms with Gasteiger partial charge in [-0.3, -0.25) is 14.4 Å². The zero-order valence-electron chi connectivity index (χ0n) is 16.2. The summed E-state index contributed by atoms with van der Waals surface area (Å²) in [6.07, 6.45) is 21.2. The molecule has 2 aliphatic rings. The van der Waals surface area contributed by atoms with Crippen LogP contribution in [0.2, 0.25) is 0 Å². The minimum absolute atomic E-state index is 0. The summed E-state index contributed by atoms with van der Waals surface area (Å²) < 4.78 is 0. The van der Waals surface area contributed by atoms with E-state index in [0.29, 0.717) is 31.7 Å². The average Bonchev–Trinajstić information content (AvgIpc) is 3.34. The van der Waals surface area contributed by atoms with Crippen molar-refractivity contribution in [1.82, 2.24) is 10.6 Å². The first-order valence-electron chi connectivity index (χ1n) is 9.56. The maximum absolute atomic E-state index is 11.6. The van der Waals surface area contributed by atoms with Crippen molar-refractivity contribution in [3.63, 3.8) is 0 Å². The van der Waals surface area contributed by atoms with Gasteiger partial charge in [0.25, 0.3) is 0 Å². The van der Waals surface area contributed by atoms with Gasteiger partial charge in [-0.25, -0.2) is 0 Å². The Morgan fingerprint density at radius 3 is 1.93 bits per heavy atom. The van der Waals surface area contributed by atoms with Gasteiger partial charge in [0.05, 0.1) is 0 Å². The molecule has 0 aromatic carbocycles. The monoisotopic (exact) mass is 429 g/mol. The van der Waals surface area contributed by atoms with Crippen LogP contribution in [0.15, 0.2) is 48.6 Å². The first-order chi connectivity index (χ1) is 13.1. The van der Waals surface area contributed by atoms with E-state index >= 15 is 0 Å². The number of carbonyl (C=O) groups is 3. The summed E-state index contributed by atoms with van der Waals surface area (Å²) in [7, 11) is 0. The van der Waals surface area contributed by atoms with Crippen LogP contribution in [0.3, 0.4) is 0 Å². The average molecular weight is 429 g/mol. The van der Waals surface area contributed by atoms with Crippen molar-refractivity contribution in [3.05, 3.63) is 48.6 Å². The molecular formula is C21H31FeN3O3. The summed E-state index contributed by atoms with van der Waals surface area (Å²) in [6, 6.07) is 0. The van der Waals surface area contributed by atoms with Gasteiger partial charge >= 0.3 is 0 Å². The van der Waals surface area contributed by atoms with Gasteiger partial charge in [0.1, 0.15) is 0 Å². The van der Waals surface area contributed by atoms with Gasteiger partial charge in [-0.1, -0.05) is 48.6 Å². The normalized spacial score (nSPS) is 13.6. The molecule has 0 atom stereocenters. The third-order valence-electron chi connectivity index (χ3n) is 4.02. The van der Waals surface area contributed by atoms with Gasteiger partial charge in [0.15, 0.2) is 0 Å². The van der Waals surface area contributed by atoms with Crippen molar-refractivity contribution in [2.24, 2.45) is 11.7 Å². The fraction of sp³-hybridized carbons (Fsp3) is 0.476. The summed E-state index contributed by atoms with van der Waals surface area (Å²) in [5.41, 5.74) is 4.97. The molecule has 0 heterocycles. The molecule has 0 aromatic heterocycles. The van der Waals surface area contributed by atoms with E-state index in [4.69, 9.17) is 5.73 Å². The van der Waals surface area contributed by atoms with Gasteiger partial charge in [0.2, 0.25) is 17.7 Å². The van der Waals surface area contributed by atoms with E-state index in [9.17, 15) is 14.4 Å². The summed E-state index contributed by atoms with van der Waals surface area (Å²) in [6.45, 7) is 0.760. The van der Waals surface area contributed by atoms with Crippen molar-refractivity contribution < 1.29 is 31.5 Å². The Labute approximate surface area is 178 Å². The van der Waals surface area contributed by atoms with E-state index in [2.05, 4.69) is 47.1 Å². The van der Waals surface area contributed by atoms with Crippen molar-refractivity contribution in [3.8, 4) is 0 Å². The number of primary amides is 1. The molecule has 7 heteroatoms. The number of hydrogen-bond acceptors (Lipinski definition) is 3. The molecule has 28 heavy (non-hydrogen) atoms. The number of hydrogen-bond donors (Lipinski definition) is 3. The molecule has 0 saturated carbocycles. The Balaban J connectivity index is 0.00000105. The summed E-state index contributed by atoms with van der Waals surface area (Å²) in [5.74, 6) is -0.0663. The number of nitrogens with one attached hydrogen (secondary N) is 2. The van der Waals surface area contributed by atoms with Crippen LogP contribution < -0.4 is 16.4 Å². The molecule has 2 rings (SSSR count). The first-order valence-corrected chi connectivity index (χ1v) is 9.56. The minimum Gasteiger partial charge on any atom is -0.370 e. The number of carbonyl (C=O) groups excluding carboxylic acids is 3. The molecule has 0 unspecified atom stereocenters. The first kappa shape index (κ1) is 25.9. The zero-order chi connectivity index (χ0) is 19.7. The molecule has 0 bridgehead atoms. The van der Waals surface area contributed by atoms with E-state index in [1.165, 1.54) is 0 Å². The fourth-order valence-electron chi connectivity index (χ4n) is 2.54. The Bertz CT molecular complexity index is 576. The van der Waals surface area contributed by atoms with Crippen molar-refractivity contribution >= 4 is 17.7 Å². The number of nitrogens with two attached hydrogens (primary N) is 1. The molecule has 0 saturated heterocycles. The molecule has 0 aliphatic heterocycles. The second kappa shape index (κ2) is 17.0. The number of rotatable bonds is 11. The topological polar surface area (TPSA) is 101 Å². The largest absolute Gasteiger partial charge is 0.370 e. The molecule has 0 aromatic rings. The maximum atomic E-state index is 11.6. The second-order valence-corrected chi connectivity index (χ2v) is 6.44. The van der Waals surface area contributed by atoms with Gasteiger partial charge in [-0.2, -0.15) is 0 Å². The van der Waals surface area contributed by atoms with Crippen molar-refractivity contribution in [1.29, 1.82) is 0 Å². The van der Waals surface area contributed by atoms with Crippen LogP contribution in [0.1, 0.15) is 44.9 Å². The SMILES string of the molecule is C1=CCC=C1.NC(=O)CCNC(=O)CCCNC(=O)CCCC1C=CC=C1.[Fe]. The minimum atomic E-state index is -0.434. The zero-order valence-corrected chi connectivity index (χ0v) is 17.3. The predicted octanol–water partition coefficient (Wildman–Crippen LogP) is 2.29. The Morgan fingerprint density at radius 2 is 1.39 bits per heavy atom. The van der Waals surface area contributed by atoms with Crippen LogP contribution in [0, 0.1) is 5.92 Å². The number of amides is 3. The second-order valence-electron chi connectivity index (χ2n) is 6.44. The Morgan fingerprint density at radius 1 is 0.821 bits per heavy atom. The molecule has 156 valence electrons.